The van der Waals surface area contributed by atoms with Gasteiger partial charge in [-0.05, 0) is 6.54 Å². The van der Waals surface area contributed by atoms with Crippen LogP contribution in [0.3, 0.4) is 0 Å². The van der Waals surface area contributed by atoms with E-state index in [1.165, 1.54) is 0 Å². The highest BCUT2D eigenvalue weighted by atomic mass is 16.4. The predicted octanol–water partition coefficient (Wildman–Crippen LogP) is -0.959. The topological polar surface area (TPSA) is 69.6 Å². The Bertz CT molecular complexity index is 94.2. The van der Waals surface area contributed by atoms with Gasteiger partial charge in [0.15, 0.2) is 0 Å². The zero-order valence-electron chi connectivity index (χ0n) is 5.29. The lowest BCUT2D eigenvalue weighted by Gasteiger charge is -2.07. The van der Waals surface area contributed by atoms with Gasteiger partial charge in [-0.25, -0.2) is 0 Å². The van der Waals surface area contributed by atoms with E-state index in [4.69, 9.17) is 10.2 Å². The van der Waals surface area contributed by atoms with Crippen molar-refractivity contribution in [3.63, 3.8) is 0 Å². The average molecular weight is 133 g/mol. The summed E-state index contributed by atoms with van der Waals surface area (Å²) in [6.45, 7) is 1.98. The summed E-state index contributed by atoms with van der Waals surface area (Å²) >= 11 is 0. The Morgan fingerprint density at radius 1 is 1.78 bits per heavy atom. The molecule has 0 radical (unpaired) electrons. The molecule has 0 rings (SSSR count). The van der Waals surface area contributed by atoms with Crippen LogP contribution in [0.2, 0.25) is 0 Å². The fraction of sp³-hybridized carbons (Fsp3) is 0.800. The molecule has 1 atom stereocenters. The van der Waals surface area contributed by atoms with Gasteiger partial charge in [-0.3, -0.25) is 4.79 Å². The van der Waals surface area contributed by atoms with E-state index in [0.717, 1.165) is 0 Å². The van der Waals surface area contributed by atoms with E-state index in [-0.39, 0.29) is 6.61 Å². The first-order valence-corrected chi connectivity index (χ1v) is 2.79. The van der Waals surface area contributed by atoms with Crippen LogP contribution in [0.15, 0.2) is 0 Å². The summed E-state index contributed by atoms with van der Waals surface area (Å²) < 4.78 is 0. The molecule has 4 heteroatoms. The third-order valence-corrected chi connectivity index (χ3v) is 0.931. The van der Waals surface area contributed by atoms with E-state index in [2.05, 4.69) is 5.32 Å². The Morgan fingerprint density at radius 3 is 2.44 bits per heavy atom. The maximum atomic E-state index is 10.1. The van der Waals surface area contributed by atoms with Gasteiger partial charge in [-0.1, -0.05) is 6.92 Å². The molecule has 0 aromatic heterocycles. The van der Waals surface area contributed by atoms with Crippen molar-refractivity contribution in [3.8, 4) is 0 Å². The number of hydrogen-bond acceptors (Lipinski definition) is 3. The highest BCUT2D eigenvalue weighted by Gasteiger charge is 2.12. The number of aliphatic hydroxyl groups excluding tert-OH is 1. The number of carboxylic acid groups (broad SMARTS) is 1. The first-order chi connectivity index (χ1) is 4.22. The van der Waals surface area contributed by atoms with E-state index in [9.17, 15) is 4.79 Å². The molecule has 0 fully saturated rings. The van der Waals surface area contributed by atoms with Crippen molar-refractivity contribution in [2.45, 2.75) is 13.0 Å². The first-order valence-electron chi connectivity index (χ1n) is 2.79. The first kappa shape index (κ1) is 8.39. The van der Waals surface area contributed by atoms with Crippen LogP contribution >= 0.6 is 0 Å². The molecule has 0 aliphatic carbocycles. The second-order valence-corrected chi connectivity index (χ2v) is 1.63. The number of carbonyl (C=O) groups is 1. The molecule has 0 saturated carbocycles. The Kier molecular flexibility index (Phi) is 4.00. The smallest absolute Gasteiger partial charge is 0.323 e. The third-order valence-electron chi connectivity index (χ3n) is 0.931. The lowest BCUT2D eigenvalue weighted by Crippen LogP contribution is -2.39. The highest BCUT2D eigenvalue weighted by molar-refractivity contribution is 5.73. The van der Waals surface area contributed by atoms with Crippen molar-refractivity contribution >= 4 is 5.97 Å². The van der Waals surface area contributed by atoms with Gasteiger partial charge in [0.1, 0.15) is 6.04 Å². The minimum absolute atomic E-state index is 0.358. The quantitative estimate of drug-likeness (QED) is 0.462. The number of carboxylic acids is 1. The molecule has 0 spiro atoms. The second-order valence-electron chi connectivity index (χ2n) is 1.63. The zero-order chi connectivity index (χ0) is 7.28. The predicted molar refractivity (Wildman–Crippen MR) is 32.2 cm³/mol. The summed E-state index contributed by atoms with van der Waals surface area (Å²) in [6, 6.07) is -0.810. The van der Waals surface area contributed by atoms with Crippen LogP contribution in [0.4, 0.5) is 0 Å². The molecule has 0 saturated heterocycles. The van der Waals surface area contributed by atoms with Crippen molar-refractivity contribution in [2.75, 3.05) is 13.2 Å². The van der Waals surface area contributed by atoms with Gasteiger partial charge in [0.05, 0.1) is 6.61 Å². The summed E-state index contributed by atoms with van der Waals surface area (Å²) in [5.74, 6) is -1.01. The number of rotatable bonds is 4. The van der Waals surface area contributed by atoms with Gasteiger partial charge in [0, 0.05) is 0 Å². The number of aliphatic carboxylic acids is 1. The van der Waals surface area contributed by atoms with Crippen LogP contribution in [0.25, 0.3) is 0 Å². The summed E-state index contributed by atoms with van der Waals surface area (Å²) in [6.07, 6.45) is 0. The molecule has 0 aliphatic rings. The molecule has 0 aromatic rings. The van der Waals surface area contributed by atoms with Gasteiger partial charge in [0.2, 0.25) is 0 Å². The van der Waals surface area contributed by atoms with Crippen LogP contribution in [-0.2, 0) is 4.79 Å². The number of aliphatic hydroxyl groups is 1. The molecular formula is C5H11NO3. The summed E-state index contributed by atoms with van der Waals surface area (Å²) in [4.78, 5) is 10.1. The SMILES string of the molecule is CCNC(CO)C(=O)O. The third kappa shape index (κ3) is 3.05. The summed E-state index contributed by atoms with van der Waals surface area (Å²) in [5.41, 5.74) is 0. The van der Waals surface area contributed by atoms with E-state index < -0.39 is 12.0 Å². The van der Waals surface area contributed by atoms with E-state index in [1.54, 1.807) is 6.92 Å². The second kappa shape index (κ2) is 4.29. The fourth-order valence-electron chi connectivity index (χ4n) is 0.476. The molecule has 4 nitrogen and oxygen atoms in total. The lowest BCUT2D eigenvalue weighted by atomic mass is 10.3. The standard InChI is InChI=1S/C5H11NO3/c1-2-6-4(3-7)5(8)9/h4,6-7H,2-3H2,1H3,(H,8,9). The van der Waals surface area contributed by atoms with Crippen molar-refractivity contribution < 1.29 is 15.0 Å². The monoisotopic (exact) mass is 133 g/mol. The van der Waals surface area contributed by atoms with Crippen molar-refractivity contribution in [1.29, 1.82) is 0 Å². The fourth-order valence-corrected chi connectivity index (χ4v) is 0.476. The van der Waals surface area contributed by atoms with Crippen LogP contribution < -0.4 is 5.32 Å². The molecular weight excluding hydrogens is 122 g/mol. The van der Waals surface area contributed by atoms with Gasteiger partial charge >= 0.3 is 5.97 Å². The molecule has 0 heterocycles. The Labute approximate surface area is 53.5 Å². The molecule has 3 N–H and O–H groups in total. The largest absolute Gasteiger partial charge is 0.480 e. The van der Waals surface area contributed by atoms with E-state index in [0.29, 0.717) is 6.54 Å². The highest BCUT2D eigenvalue weighted by Crippen LogP contribution is 1.79. The lowest BCUT2D eigenvalue weighted by molar-refractivity contribution is -0.140. The molecule has 0 aliphatic heterocycles. The minimum atomic E-state index is -1.01. The van der Waals surface area contributed by atoms with Crippen LogP contribution in [-0.4, -0.2) is 35.4 Å². The average Bonchev–Trinajstić information content (AvgIpc) is 1.82. The van der Waals surface area contributed by atoms with Crippen LogP contribution in [0, 0.1) is 0 Å². The van der Waals surface area contributed by atoms with Gasteiger partial charge < -0.3 is 15.5 Å². The Balaban J connectivity index is 3.54. The molecule has 54 valence electrons. The van der Waals surface area contributed by atoms with Gasteiger partial charge in [0.25, 0.3) is 0 Å². The van der Waals surface area contributed by atoms with E-state index in [1.807, 2.05) is 0 Å². The van der Waals surface area contributed by atoms with Gasteiger partial charge in [-0.2, -0.15) is 0 Å². The summed E-state index contributed by atoms with van der Waals surface area (Å²) in [5, 5.41) is 19.2. The minimum Gasteiger partial charge on any atom is -0.480 e. The Hall–Kier alpha value is -0.610. The molecule has 0 bridgehead atoms. The maximum absolute atomic E-state index is 10.1. The number of likely N-dealkylation sites (N-methyl/N-ethyl adjacent to an activating group) is 1. The van der Waals surface area contributed by atoms with Crippen molar-refractivity contribution in [1.82, 2.24) is 5.32 Å². The number of nitrogens with one attached hydrogen (secondary N) is 1. The van der Waals surface area contributed by atoms with Gasteiger partial charge in [-0.15, -0.1) is 0 Å². The van der Waals surface area contributed by atoms with E-state index >= 15 is 0 Å². The normalized spacial score (nSPS) is 13.1. The van der Waals surface area contributed by atoms with Crippen molar-refractivity contribution in [3.05, 3.63) is 0 Å². The Morgan fingerprint density at radius 2 is 2.33 bits per heavy atom. The molecule has 9 heavy (non-hydrogen) atoms. The molecule has 0 aromatic carbocycles. The molecule has 0 amide bonds. The van der Waals surface area contributed by atoms with Crippen molar-refractivity contribution in [2.24, 2.45) is 0 Å². The number of hydrogen-bond donors (Lipinski definition) is 3. The zero-order valence-corrected chi connectivity index (χ0v) is 5.29. The maximum Gasteiger partial charge on any atom is 0.323 e. The summed E-state index contributed by atoms with van der Waals surface area (Å²) in [7, 11) is 0. The van der Waals surface area contributed by atoms with Crippen LogP contribution in [0.1, 0.15) is 6.92 Å². The molecule has 1 unspecified atom stereocenters. The van der Waals surface area contributed by atoms with Crippen LogP contribution in [0.5, 0.6) is 0 Å².